The molecule has 2 heterocycles. The van der Waals surface area contributed by atoms with Gasteiger partial charge in [-0.05, 0) is 33.6 Å². The highest BCUT2D eigenvalue weighted by atomic mass is 35.5. The molecule has 5 nitrogen and oxygen atoms in total. The van der Waals surface area contributed by atoms with Crippen LogP contribution in [0.3, 0.4) is 0 Å². The summed E-state index contributed by atoms with van der Waals surface area (Å²) in [7, 11) is 0. The average Bonchev–Trinajstić information content (AvgIpc) is 2.15. The fraction of sp³-hybridized carbons (Fsp3) is 0.923. The SMILES string of the molecule is CC(C)(C)OC(=O)N1CC(N2CCC(O)CC2)C1.Cl. The number of carbonyl (C=O) groups is 1. The Morgan fingerprint density at radius 3 is 2.21 bits per heavy atom. The highest BCUT2D eigenvalue weighted by Gasteiger charge is 2.37. The van der Waals surface area contributed by atoms with Gasteiger partial charge in [0.1, 0.15) is 5.60 Å². The summed E-state index contributed by atoms with van der Waals surface area (Å²) in [4.78, 5) is 15.9. The van der Waals surface area contributed by atoms with Gasteiger partial charge in [0, 0.05) is 32.2 Å². The topological polar surface area (TPSA) is 53.0 Å². The van der Waals surface area contributed by atoms with Crippen molar-refractivity contribution in [2.75, 3.05) is 26.2 Å². The zero-order chi connectivity index (χ0) is 13.3. The molecule has 0 atom stereocenters. The highest BCUT2D eigenvalue weighted by Crippen LogP contribution is 2.22. The Kier molecular flexibility index (Phi) is 5.47. The lowest BCUT2D eigenvalue weighted by atomic mass is 10.0. The molecule has 2 aliphatic heterocycles. The van der Waals surface area contributed by atoms with Crippen LogP contribution in [0.4, 0.5) is 4.79 Å². The average molecular weight is 293 g/mol. The maximum atomic E-state index is 11.8. The molecule has 0 aliphatic carbocycles. The first-order chi connectivity index (χ1) is 8.35. The maximum absolute atomic E-state index is 11.8. The summed E-state index contributed by atoms with van der Waals surface area (Å²) in [5.74, 6) is 0. The van der Waals surface area contributed by atoms with E-state index in [-0.39, 0.29) is 24.6 Å². The molecular formula is C13H25ClN2O3. The first kappa shape index (κ1) is 16.5. The second kappa shape index (κ2) is 6.29. The zero-order valence-corrected chi connectivity index (χ0v) is 12.8. The van der Waals surface area contributed by atoms with Crippen LogP contribution in [0.5, 0.6) is 0 Å². The molecule has 1 amide bonds. The lowest BCUT2D eigenvalue weighted by Gasteiger charge is -2.47. The summed E-state index contributed by atoms with van der Waals surface area (Å²) in [6, 6.07) is 0.449. The summed E-state index contributed by atoms with van der Waals surface area (Å²) in [6.07, 6.45) is 1.35. The van der Waals surface area contributed by atoms with Crippen LogP contribution in [-0.2, 0) is 4.74 Å². The standard InChI is InChI=1S/C13H24N2O3.ClH/c1-13(2,3)18-12(17)15-8-10(9-15)14-6-4-11(16)5-7-14;/h10-11,16H,4-9H2,1-3H3;1H. The van der Waals surface area contributed by atoms with Crippen molar-refractivity contribution in [2.45, 2.75) is 51.4 Å². The molecule has 0 aromatic carbocycles. The van der Waals surface area contributed by atoms with E-state index < -0.39 is 5.60 Å². The van der Waals surface area contributed by atoms with Crippen molar-refractivity contribution in [1.82, 2.24) is 9.80 Å². The van der Waals surface area contributed by atoms with E-state index in [2.05, 4.69) is 4.90 Å². The fourth-order valence-electron chi connectivity index (χ4n) is 2.41. The largest absolute Gasteiger partial charge is 0.444 e. The second-order valence-corrected chi connectivity index (χ2v) is 6.31. The van der Waals surface area contributed by atoms with Gasteiger partial charge in [0.05, 0.1) is 6.10 Å². The first-order valence-electron chi connectivity index (χ1n) is 6.75. The summed E-state index contributed by atoms with van der Waals surface area (Å²) >= 11 is 0. The number of piperidine rings is 1. The number of rotatable bonds is 1. The van der Waals surface area contributed by atoms with Crippen LogP contribution >= 0.6 is 12.4 Å². The summed E-state index contributed by atoms with van der Waals surface area (Å²) < 4.78 is 5.32. The van der Waals surface area contributed by atoms with Crippen LogP contribution in [0.2, 0.25) is 0 Å². The molecule has 2 saturated heterocycles. The predicted molar refractivity (Wildman–Crippen MR) is 75.7 cm³/mol. The fourth-order valence-corrected chi connectivity index (χ4v) is 2.41. The molecule has 0 spiro atoms. The molecule has 2 aliphatic rings. The summed E-state index contributed by atoms with van der Waals surface area (Å²) in [5, 5.41) is 9.46. The van der Waals surface area contributed by atoms with Crippen molar-refractivity contribution < 1.29 is 14.6 Å². The first-order valence-corrected chi connectivity index (χ1v) is 6.75. The lowest BCUT2D eigenvalue weighted by Crippen LogP contribution is -2.62. The third-order valence-electron chi connectivity index (χ3n) is 3.53. The molecule has 0 aromatic rings. The Hall–Kier alpha value is -0.520. The molecule has 1 N–H and O–H groups in total. The molecule has 0 saturated carbocycles. The Labute approximate surface area is 121 Å². The van der Waals surface area contributed by atoms with Crippen LogP contribution in [-0.4, -0.2) is 64.9 Å². The molecule has 2 fully saturated rings. The van der Waals surface area contributed by atoms with Gasteiger partial charge in [0.15, 0.2) is 0 Å². The summed E-state index contributed by atoms with van der Waals surface area (Å²) in [6.45, 7) is 9.04. The van der Waals surface area contributed by atoms with E-state index in [1.54, 1.807) is 4.90 Å². The van der Waals surface area contributed by atoms with Crippen molar-refractivity contribution in [3.63, 3.8) is 0 Å². The van der Waals surface area contributed by atoms with Crippen LogP contribution in [0.1, 0.15) is 33.6 Å². The van der Waals surface area contributed by atoms with Gasteiger partial charge < -0.3 is 14.7 Å². The second-order valence-electron chi connectivity index (χ2n) is 6.31. The van der Waals surface area contributed by atoms with Crippen molar-refractivity contribution in [2.24, 2.45) is 0 Å². The number of amides is 1. The van der Waals surface area contributed by atoms with E-state index >= 15 is 0 Å². The smallest absolute Gasteiger partial charge is 0.410 e. The number of ether oxygens (including phenoxy) is 1. The zero-order valence-electron chi connectivity index (χ0n) is 12.0. The maximum Gasteiger partial charge on any atom is 0.410 e. The quantitative estimate of drug-likeness (QED) is 0.795. The summed E-state index contributed by atoms with van der Waals surface area (Å²) in [5.41, 5.74) is -0.419. The Morgan fingerprint density at radius 1 is 1.21 bits per heavy atom. The van der Waals surface area contributed by atoms with Gasteiger partial charge in [-0.2, -0.15) is 0 Å². The Morgan fingerprint density at radius 2 is 1.74 bits per heavy atom. The molecule has 0 radical (unpaired) electrons. The highest BCUT2D eigenvalue weighted by molar-refractivity contribution is 5.85. The molecule has 0 unspecified atom stereocenters. The Bertz CT molecular complexity index is 306. The van der Waals surface area contributed by atoms with Crippen molar-refractivity contribution >= 4 is 18.5 Å². The Balaban J connectivity index is 0.00000180. The molecule has 112 valence electrons. The number of hydrogen-bond donors (Lipinski definition) is 1. The van der Waals surface area contributed by atoms with Gasteiger partial charge in [0.25, 0.3) is 0 Å². The van der Waals surface area contributed by atoms with Crippen molar-refractivity contribution in [1.29, 1.82) is 0 Å². The third kappa shape index (κ3) is 4.51. The number of carbonyl (C=O) groups excluding carboxylic acids is 1. The number of halogens is 1. The molecular weight excluding hydrogens is 268 g/mol. The van der Waals surface area contributed by atoms with Gasteiger partial charge in [-0.1, -0.05) is 0 Å². The minimum Gasteiger partial charge on any atom is -0.444 e. The number of nitrogens with zero attached hydrogens (tertiary/aromatic N) is 2. The normalized spacial score (nSPS) is 22.6. The van der Waals surface area contributed by atoms with Gasteiger partial charge in [0.2, 0.25) is 0 Å². The third-order valence-corrected chi connectivity index (χ3v) is 3.53. The van der Waals surface area contributed by atoms with Crippen LogP contribution in [0.15, 0.2) is 0 Å². The van der Waals surface area contributed by atoms with Gasteiger partial charge in [-0.25, -0.2) is 4.79 Å². The molecule has 19 heavy (non-hydrogen) atoms. The molecule has 0 bridgehead atoms. The minimum atomic E-state index is -0.419. The lowest BCUT2D eigenvalue weighted by molar-refractivity contribution is -0.0283. The van der Waals surface area contributed by atoms with E-state index in [0.29, 0.717) is 6.04 Å². The van der Waals surface area contributed by atoms with Gasteiger partial charge in [-0.15, -0.1) is 12.4 Å². The van der Waals surface area contributed by atoms with Gasteiger partial charge >= 0.3 is 6.09 Å². The van der Waals surface area contributed by atoms with Crippen LogP contribution in [0.25, 0.3) is 0 Å². The molecule has 0 aromatic heterocycles. The monoisotopic (exact) mass is 292 g/mol. The number of likely N-dealkylation sites (tertiary alicyclic amines) is 2. The number of hydrogen-bond acceptors (Lipinski definition) is 4. The van der Waals surface area contributed by atoms with Crippen molar-refractivity contribution in [3.05, 3.63) is 0 Å². The van der Waals surface area contributed by atoms with E-state index in [0.717, 1.165) is 39.0 Å². The van der Waals surface area contributed by atoms with E-state index in [1.807, 2.05) is 20.8 Å². The van der Waals surface area contributed by atoms with E-state index in [9.17, 15) is 9.90 Å². The van der Waals surface area contributed by atoms with Gasteiger partial charge in [-0.3, -0.25) is 4.90 Å². The number of aliphatic hydroxyl groups excluding tert-OH is 1. The van der Waals surface area contributed by atoms with E-state index in [1.165, 1.54) is 0 Å². The van der Waals surface area contributed by atoms with Crippen molar-refractivity contribution in [3.8, 4) is 0 Å². The van der Waals surface area contributed by atoms with E-state index in [4.69, 9.17) is 4.74 Å². The minimum absolute atomic E-state index is 0. The molecule has 6 heteroatoms. The molecule has 2 rings (SSSR count). The van der Waals surface area contributed by atoms with Crippen LogP contribution in [0, 0.1) is 0 Å². The van der Waals surface area contributed by atoms with Crippen LogP contribution < -0.4 is 0 Å². The predicted octanol–water partition coefficient (Wildman–Crippen LogP) is 1.48. The number of aliphatic hydroxyl groups is 1.